The molecule has 0 unspecified atom stereocenters. The first-order valence-corrected chi connectivity index (χ1v) is 9.25. The normalized spacial score (nSPS) is 23.4. The summed E-state index contributed by atoms with van der Waals surface area (Å²) in [7, 11) is 0. The van der Waals surface area contributed by atoms with Gasteiger partial charge in [0.15, 0.2) is 0 Å². The molecule has 0 amide bonds. The molecule has 0 bridgehead atoms. The average molecular weight is 340 g/mol. The topological polar surface area (TPSA) is 26.3 Å². The second-order valence-electron chi connectivity index (χ2n) is 7.18. The first-order chi connectivity index (χ1) is 11.4. The molecule has 1 fully saturated rings. The molecule has 0 N–H and O–H groups in total. The Balaban J connectivity index is 1.71. The standard InChI is InChI=1S/C21H24O2S/c1-20(2,23-19(22)16-10-6-4-7-11-16)18-14-15-21(18,3)24-17-12-8-5-9-13-17/h4-13,18H,14-15H2,1-3H3/t18-,21+/m1/s1. The maximum atomic E-state index is 12.4. The van der Waals surface area contributed by atoms with Crippen LogP contribution in [0.3, 0.4) is 0 Å². The molecule has 0 radical (unpaired) electrons. The SMILES string of the molecule is CC(C)(OC(=O)c1ccccc1)[C@H]1CC[C@]1(C)Sc1ccccc1. The van der Waals surface area contributed by atoms with E-state index in [1.54, 1.807) is 12.1 Å². The van der Waals surface area contributed by atoms with Gasteiger partial charge in [-0.2, -0.15) is 0 Å². The van der Waals surface area contributed by atoms with Crippen molar-refractivity contribution in [2.75, 3.05) is 0 Å². The van der Waals surface area contributed by atoms with Crippen molar-refractivity contribution in [2.45, 2.75) is 48.9 Å². The lowest BCUT2D eigenvalue weighted by atomic mass is 9.66. The van der Waals surface area contributed by atoms with Crippen molar-refractivity contribution in [3.05, 3.63) is 66.2 Å². The number of ether oxygens (including phenoxy) is 1. The van der Waals surface area contributed by atoms with Crippen LogP contribution in [0.1, 0.15) is 44.0 Å². The lowest BCUT2D eigenvalue weighted by molar-refractivity contribution is -0.0618. The van der Waals surface area contributed by atoms with E-state index in [-0.39, 0.29) is 10.7 Å². The third-order valence-corrected chi connectivity index (χ3v) is 6.43. The van der Waals surface area contributed by atoms with E-state index in [1.807, 2.05) is 49.9 Å². The quantitative estimate of drug-likeness (QED) is 0.664. The summed E-state index contributed by atoms with van der Waals surface area (Å²) in [6.07, 6.45) is 2.23. The molecule has 2 nitrogen and oxygen atoms in total. The smallest absolute Gasteiger partial charge is 0.338 e. The minimum atomic E-state index is -0.484. The Morgan fingerprint density at radius 2 is 1.67 bits per heavy atom. The van der Waals surface area contributed by atoms with Gasteiger partial charge in [-0.1, -0.05) is 36.4 Å². The number of carbonyl (C=O) groups excluding carboxylic acids is 1. The molecule has 0 aliphatic heterocycles. The maximum absolute atomic E-state index is 12.4. The summed E-state index contributed by atoms with van der Waals surface area (Å²) in [5, 5.41) is 0. The van der Waals surface area contributed by atoms with Gasteiger partial charge in [-0.3, -0.25) is 0 Å². The van der Waals surface area contributed by atoms with E-state index in [9.17, 15) is 4.79 Å². The van der Waals surface area contributed by atoms with E-state index < -0.39 is 5.60 Å². The molecule has 1 aliphatic rings. The molecular weight excluding hydrogens is 316 g/mol. The molecule has 3 rings (SSSR count). The number of carbonyl (C=O) groups is 1. The molecule has 0 aromatic heterocycles. The minimum Gasteiger partial charge on any atom is -0.456 e. The number of esters is 1. The fourth-order valence-electron chi connectivity index (χ4n) is 3.60. The van der Waals surface area contributed by atoms with Crippen LogP contribution in [0.2, 0.25) is 0 Å². The van der Waals surface area contributed by atoms with Crippen LogP contribution < -0.4 is 0 Å². The van der Waals surface area contributed by atoms with E-state index in [0.29, 0.717) is 11.5 Å². The summed E-state index contributed by atoms with van der Waals surface area (Å²) in [5.74, 6) is 0.0995. The second kappa shape index (κ2) is 6.64. The van der Waals surface area contributed by atoms with Gasteiger partial charge in [0.05, 0.1) is 5.56 Å². The van der Waals surface area contributed by atoms with Crippen LogP contribution in [0.5, 0.6) is 0 Å². The molecule has 2 aromatic carbocycles. The number of benzene rings is 2. The molecule has 0 spiro atoms. The van der Waals surface area contributed by atoms with Crippen LogP contribution in [0.15, 0.2) is 65.6 Å². The third kappa shape index (κ3) is 3.51. The van der Waals surface area contributed by atoms with Crippen molar-refractivity contribution in [3.63, 3.8) is 0 Å². The fraction of sp³-hybridized carbons (Fsp3) is 0.381. The zero-order valence-electron chi connectivity index (χ0n) is 14.5. The highest BCUT2D eigenvalue weighted by Gasteiger charge is 2.52. The van der Waals surface area contributed by atoms with Gasteiger partial charge in [-0.25, -0.2) is 4.79 Å². The van der Waals surface area contributed by atoms with Crippen molar-refractivity contribution >= 4 is 17.7 Å². The first-order valence-electron chi connectivity index (χ1n) is 8.43. The fourth-order valence-corrected chi connectivity index (χ4v) is 5.20. The monoisotopic (exact) mass is 340 g/mol. The van der Waals surface area contributed by atoms with Gasteiger partial charge in [-0.05, 0) is 57.9 Å². The van der Waals surface area contributed by atoms with Crippen molar-refractivity contribution in [2.24, 2.45) is 5.92 Å². The van der Waals surface area contributed by atoms with Crippen molar-refractivity contribution in [1.82, 2.24) is 0 Å². The van der Waals surface area contributed by atoms with Gasteiger partial charge in [-0.15, -0.1) is 11.8 Å². The molecule has 126 valence electrons. The Hall–Kier alpha value is -1.74. The summed E-state index contributed by atoms with van der Waals surface area (Å²) in [6, 6.07) is 19.7. The van der Waals surface area contributed by atoms with E-state index in [4.69, 9.17) is 4.74 Å². The van der Waals surface area contributed by atoms with E-state index >= 15 is 0 Å². The van der Waals surface area contributed by atoms with E-state index in [2.05, 4.69) is 31.2 Å². The van der Waals surface area contributed by atoms with Gasteiger partial charge >= 0.3 is 5.97 Å². The average Bonchev–Trinajstić information content (AvgIpc) is 2.54. The summed E-state index contributed by atoms with van der Waals surface area (Å²) < 4.78 is 6.01. The Morgan fingerprint density at radius 3 is 2.21 bits per heavy atom. The van der Waals surface area contributed by atoms with Crippen LogP contribution in [0, 0.1) is 5.92 Å². The lowest BCUT2D eigenvalue weighted by Crippen LogP contribution is -2.54. The summed E-state index contributed by atoms with van der Waals surface area (Å²) >= 11 is 1.90. The zero-order chi connectivity index (χ0) is 17.2. The zero-order valence-corrected chi connectivity index (χ0v) is 15.3. The highest BCUT2D eigenvalue weighted by Crippen LogP contribution is 2.56. The predicted molar refractivity (Wildman–Crippen MR) is 99.4 cm³/mol. The van der Waals surface area contributed by atoms with Crippen LogP contribution in [-0.2, 0) is 4.74 Å². The summed E-state index contributed by atoms with van der Waals surface area (Å²) in [5.41, 5.74) is 0.129. The largest absolute Gasteiger partial charge is 0.456 e. The minimum absolute atomic E-state index is 0.0990. The Kier molecular flexibility index (Phi) is 4.73. The third-order valence-electron chi connectivity index (χ3n) is 4.97. The van der Waals surface area contributed by atoms with Crippen LogP contribution in [0.25, 0.3) is 0 Å². The highest BCUT2D eigenvalue weighted by atomic mass is 32.2. The van der Waals surface area contributed by atoms with Gasteiger partial charge in [0.25, 0.3) is 0 Å². The van der Waals surface area contributed by atoms with Crippen molar-refractivity contribution in [1.29, 1.82) is 0 Å². The Bertz CT molecular complexity index is 696. The molecule has 24 heavy (non-hydrogen) atoms. The van der Waals surface area contributed by atoms with Gasteiger partial charge in [0.1, 0.15) is 5.60 Å². The number of hydrogen-bond donors (Lipinski definition) is 0. The van der Waals surface area contributed by atoms with Crippen LogP contribution in [0.4, 0.5) is 0 Å². The van der Waals surface area contributed by atoms with Gasteiger partial charge in [0.2, 0.25) is 0 Å². The van der Waals surface area contributed by atoms with E-state index in [1.165, 1.54) is 4.90 Å². The Labute approximate surface area is 148 Å². The molecule has 2 aromatic rings. The number of thioether (sulfide) groups is 1. The van der Waals surface area contributed by atoms with Crippen LogP contribution in [-0.4, -0.2) is 16.3 Å². The summed E-state index contributed by atoms with van der Waals surface area (Å²) in [6.45, 7) is 6.37. The molecule has 3 heteroatoms. The Morgan fingerprint density at radius 1 is 1.08 bits per heavy atom. The second-order valence-corrected chi connectivity index (χ2v) is 8.79. The number of rotatable bonds is 5. The van der Waals surface area contributed by atoms with Crippen molar-refractivity contribution < 1.29 is 9.53 Å². The predicted octanol–water partition coefficient (Wildman–Crippen LogP) is 5.58. The lowest BCUT2D eigenvalue weighted by Gasteiger charge is -2.53. The van der Waals surface area contributed by atoms with E-state index in [0.717, 1.165) is 12.8 Å². The molecule has 0 heterocycles. The molecule has 0 saturated heterocycles. The molecule has 1 saturated carbocycles. The molecular formula is C21H24O2S. The maximum Gasteiger partial charge on any atom is 0.338 e. The molecule has 1 aliphatic carbocycles. The molecule has 2 atom stereocenters. The summed E-state index contributed by atoms with van der Waals surface area (Å²) in [4.78, 5) is 13.7. The first kappa shape index (κ1) is 17.1. The highest BCUT2D eigenvalue weighted by molar-refractivity contribution is 8.00. The van der Waals surface area contributed by atoms with Crippen molar-refractivity contribution in [3.8, 4) is 0 Å². The van der Waals surface area contributed by atoms with Crippen LogP contribution >= 0.6 is 11.8 Å². The number of hydrogen-bond acceptors (Lipinski definition) is 3. The van der Waals surface area contributed by atoms with Gasteiger partial charge < -0.3 is 4.74 Å². The van der Waals surface area contributed by atoms with Gasteiger partial charge in [0, 0.05) is 15.6 Å².